The van der Waals surface area contributed by atoms with Crippen molar-refractivity contribution in [3.63, 3.8) is 0 Å². The van der Waals surface area contributed by atoms with Crippen molar-refractivity contribution in [3.8, 4) is 0 Å². The van der Waals surface area contributed by atoms with Gasteiger partial charge < -0.3 is 9.64 Å². The minimum atomic E-state index is -3.22. The number of rotatable bonds is 5. The van der Waals surface area contributed by atoms with Crippen molar-refractivity contribution in [2.45, 2.75) is 26.5 Å². The zero-order valence-corrected chi connectivity index (χ0v) is 15.0. The first-order valence-electron chi connectivity index (χ1n) is 8.18. The van der Waals surface area contributed by atoms with Crippen LogP contribution in [0.15, 0.2) is 6.07 Å². The van der Waals surface area contributed by atoms with Crippen molar-refractivity contribution in [3.05, 3.63) is 17.5 Å². The Morgan fingerprint density at radius 3 is 2.88 bits per heavy atom. The van der Waals surface area contributed by atoms with E-state index in [0.29, 0.717) is 38.5 Å². The number of carbonyl (C=O) groups excluding carboxylic acids is 1. The van der Waals surface area contributed by atoms with Gasteiger partial charge in [-0.1, -0.05) is 0 Å². The summed E-state index contributed by atoms with van der Waals surface area (Å²) in [6.07, 6.45) is 1.14. The summed E-state index contributed by atoms with van der Waals surface area (Å²) >= 11 is 0. The maximum absolute atomic E-state index is 12.8. The molecule has 3 atom stereocenters. The average Bonchev–Trinajstić information content (AvgIpc) is 3.17. The molecule has 24 heavy (non-hydrogen) atoms. The van der Waals surface area contributed by atoms with Crippen molar-refractivity contribution in [1.29, 1.82) is 0 Å². The van der Waals surface area contributed by atoms with Crippen LogP contribution in [-0.4, -0.2) is 67.6 Å². The molecule has 1 aromatic heterocycles. The molecule has 2 saturated heterocycles. The number of sulfonamides is 1. The smallest absolute Gasteiger partial charge is 0.272 e. The normalized spacial score (nSPS) is 26.8. The number of carbonyl (C=O) groups is 1. The number of fused-ring (bicyclic) bond motifs is 1. The number of hydrogen-bond donors (Lipinski definition) is 1. The first-order chi connectivity index (χ1) is 11.3. The van der Waals surface area contributed by atoms with Gasteiger partial charge >= 0.3 is 0 Å². The van der Waals surface area contributed by atoms with E-state index in [1.165, 1.54) is 0 Å². The van der Waals surface area contributed by atoms with Gasteiger partial charge in [0.05, 0.1) is 24.7 Å². The average molecular weight is 356 g/mol. The molecule has 8 nitrogen and oxygen atoms in total. The highest BCUT2D eigenvalue weighted by atomic mass is 32.2. The van der Waals surface area contributed by atoms with Gasteiger partial charge in [0.1, 0.15) is 5.69 Å². The highest BCUT2D eigenvalue weighted by Crippen LogP contribution is 2.34. The highest BCUT2D eigenvalue weighted by Gasteiger charge is 2.45. The predicted octanol–water partition coefficient (Wildman–Crippen LogP) is -0.152. The quantitative estimate of drug-likeness (QED) is 0.792. The second-order valence-corrected chi connectivity index (χ2v) is 8.45. The summed E-state index contributed by atoms with van der Waals surface area (Å²) in [6.45, 7) is 6.50. The molecule has 0 unspecified atom stereocenters. The fourth-order valence-electron chi connectivity index (χ4n) is 3.55. The standard InChI is InChI=1S/C15H24N4O4S/c1-4-19-13(5-10(2)17-19)15(20)18-7-12-11(6-16-24(3,21)22)9-23-14(12)8-18/h5,11-12,14,16H,4,6-9H2,1-3H3/t11-,12-,14-/m0/s1. The number of nitrogens with one attached hydrogen (secondary N) is 1. The third-order valence-corrected chi connectivity index (χ3v) is 5.45. The topological polar surface area (TPSA) is 93.5 Å². The van der Waals surface area contributed by atoms with Crippen LogP contribution in [0.4, 0.5) is 0 Å². The molecule has 3 rings (SSSR count). The Morgan fingerprint density at radius 1 is 1.46 bits per heavy atom. The van der Waals surface area contributed by atoms with Crippen LogP contribution in [0, 0.1) is 18.8 Å². The van der Waals surface area contributed by atoms with Gasteiger partial charge in [-0.05, 0) is 19.9 Å². The monoisotopic (exact) mass is 356 g/mol. The van der Waals surface area contributed by atoms with Crippen LogP contribution in [0.1, 0.15) is 23.1 Å². The van der Waals surface area contributed by atoms with E-state index >= 15 is 0 Å². The summed E-state index contributed by atoms with van der Waals surface area (Å²) in [4.78, 5) is 14.6. The number of aryl methyl sites for hydroxylation is 2. The van der Waals surface area contributed by atoms with Crippen LogP contribution in [0.5, 0.6) is 0 Å². The van der Waals surface area contributed by atoms with Gasteiger partial charge in [0.2, 0.25) is 10.0 Å². The van der Waals surface area contributed by atoms with Gasteiger partial charge in [0.25, 0.3) is 5.91 Å². The van der Waals surface area contributed by atoms with E-state index in [4.69, 9.17) is 4.74 Å². The Hall–Kier alpha value is -1.45. The number of amides is 1. The molecule has 0 aromatic carbocycles. The van der Waals surface area contributed by atoms with E-state index in [-0.39, 0.29) is 23.8 Å². The lowest BCUT2D eigenvalue weighted by Crippen LogP contribution is -2.35. The Morgan fingerprint density at radius 2 is 2.21 bits per heavy atom. The summed E-state index contributed by atoms with van der Waals surface area (Å²) in [5.41, 5.74) is 1.42. The summed E-state index contributed by atoms with van der Waals surface area (Å²) in [6, 6.07) is 1.81. The summed E-state index contributed by atoms with van der Waals surface area (Å²) in [5, 5.41) is 4.33. The fourth-order valence-corrected chi connectivity index (χ4v) is 4.07. The lowest BCUT2D eigenvalue weighted by molar-refractivity contribution is 0.0668. The molecule has 2 aliphatic heterocycles. The molecule has 0 spiro atoms. The molecule has 0 radical (unpaired) electrons. The fraction of sp³-hybridized carbons (Fsp3) is 0.733. The van der Waals surface area contributed by atoms with Crippen molar-refractivity contribution in [1.82, 2.24) is 19.4 Å². The predicted molar refractivity (Wildman–Crippen MR) is 88.1 cm³/mol. The lowest BCUT2D eigenvalue weighted by atomic mass is 9.93. The van der Waals surface area contributed by atoms with Crippen LogP contribution >= 0.6 is 0 Å². The molecule has 2 fully saturated rings. The third-order valence-electron chi connectivity index (χ3n) is 4.75. The molecule has 0 aliphatic carbocycles. The second-order valence-electron chi connectivity index (χ2n) is 6.61. The van der Waals surface area contributed by atoms with Crippen molar-refractivity contribution in [2.75, 3.05) is 32.5 Å². The Balaban J connectivity index is 1.67. The lowest BCUT2D eigenvalue weighted by Gasteiger charge is -2.20. The summed E-state index contributed by atoms with van der Waals surface area (Å²) < 4.78 is 32.6. The maximum atomic E-state index is 12.8. The molecule has 2 aliphatic rings. The highest BCUT2D eigenvalue weighted by molar-refractivity contribution is 7.88. The molecule has 3 heterocycles. The first kappa shape index (κ1) is 17.4. The first-order valence-corrected chi connectivity index (χ1v) is 10.1. The molecule has 1 aromatic rings. The van der Waals surface area contributed by atoms with Gasteiger partial charge in [-0.3, -0.25) is 9.48 Å². The molecule has 1 amide bonds. The van der Waals surface area contributed by atoms with Crippen molar-refractivity contribution >= 4 is 15.9 Å². The SMILES string of the molecule is CCn1nc(C)cc1C(=O)N1C[C@H]2[C@@H](CNS(C)(=O)=O)CO[C@H]2C1. The third kappa shape index (κ3) is 3.47. The molecule has 9 heteroatoms. The molecule has 1 N–H and O–H groups in total. The molecule has 134 valence electrons. The molecular formula is C15H24N4O4S. The zero-order valence-electron chi connectivity index (χ0n) is 14.2. The second kappa shape index (κ2) is 6.45. The number of nitrogens with zero attached hydrogens (tertiary/aromatic N) is 3. The number of hydrogen-bond acceptors (Lipinski definition) is 5. The molecule has 0 saturated carbocycles. The minimum absolute atomic E-state index is 0.0144. The number of ether oxygens (including phenoxy) is 1. The van der Waals surface area contributed by atoms with Crippen LogP contribution in [0.3, 0.4) is 0 Å². The largest absolute Gasteiger partial charge is 0.376 e. The van der Waals surface area contributed by atoms with Crippen LogP contribution in [-0.2, 0) is 21.3 Å². The molecular weight excluding hydrogens is 332 g/mol. The summed E-state index contributed by atoms with van der Waals surface area (Å²) in [5.74, 6) is 0.230. The Kier molecular flexibility index (Phi) is 4.67. The van der Waals surface area contributed by atoms with Gasteiger partial charge in [0.15, 0.2) is 0 Å². The van der Waals surface area contributed by atoms with Gasteiger partial charge in [-0.15, -0.1) is 0 Å². The van der Waals surface area contributed by atoms with Crippen LogP contribution in [0.25, 0.3) is 0 Å². The number of aromatic nitrogens is 2. The van der Waals surface area contributed by atoms with Crippen LogP contribution in [0.2, 0.25) is 0 Å². The van der Waals surface area contributed by atoms with E-state index in [2.05, 4.69) is 9.82 Å². The van der Waals surface area contributed by atoms with E-state index in [1.54, 1.807) is 9.58 Å². The van der Waals surface area contributed by atoms with Crippen molar-refractivity contribution < 1.29 is 17.9 Å². The van der Waals surface area contributed by atoms with E-state index in [9.17, 15) is 13.2 Å². The maximum Gasteiger partial charge on any atom is 0.272 e. The van der Waals surface area contributed by atoms with E-state index < -0.39 is 10.0 Å². The summed E-state index contributed by atoms with van der Waals surface area (Å²) in [7, 11) is -3.22. The number of likely N-dealkylation sites (tertiary alicyclic amines) is 1. The Labute approximate surface area is 142 Å². The van der Waals surface area contributed by atoms with Crippen molar-refractivity contribution in [2.24, 2.45) is 11.8 Å². The minimum Gasteiger partial charge on any atom is -0.376 e. The van der Waals surface area contributed by atoms with Gasteiger partial charge in [-0.2, -0.15) is 5.10 Å². The zero-order chi connectivity index (χ0) is 17.5. The van der Waals surface area contributed by atoms with Gasteiger partial charge in [0, 0.05) is 38.0 Å². The van der Waals surface area contributed by atoms with E-state index in [1.807, 2.05) is 19.9 Å². The van der Waals surface area contributed by atoms with Crippen LogP contribution < -0.4 is 4.72 Å². The molecule has 0 bridgehead atoms. The van der Waals surface area contributed by atoms with Gasteiger partial charge in [-0.25, -0.2) is 13.1 Å². The van der Waals surface area contributed by atoms with E-state index in [0.717, 1.165) is 11.9 Å². The Bertz CT molecular complexity index is 730.